The van der Waals surface area contributed by atoms with Gasteiger partial charge in [-0.25, -0.2) is 0 Å². The zero-order valence-corrected chi connectivity index (χ0v) is 11.1. The molecular formula is C12H26N2S. The van der Waals surface area contributed by atoms with Crippen LogP contribution in [0, 0.1) is 0 Å². The highest BCUT2D eigenvalue weighted by molar-refractivity contribution is 7.99. The van der Waals surface area contributed by atoms with Gasteiger partial charge < -0.3 is 5.32 Å². The van der Waals surface area contributed by atoms with Crippen LogP contribution < -0.4 is 5.32 Å². The quantitative estimate of drug-likeness (QED) is 0.644. The Hall–Kier alpha value is 0.270. The third-order valence-electron chi connectivity index (χ3n) is 3.00. The van der Waals surface area contributed by atoms with Crippen LogP contribution in [0.3, 0.4) is 0 Å². The molecule has 0 aromatic heterocycles. The fourth-order valence-corrected chi connectivity index (χ4v) is 2.85. The topological polar surface area (TPSA) is 15.3 Å². The van der Waals surface area contributed by atoms with Gasteiger partial charge in [0.05, 0.1) is 0 Å². The van der Waals surface area contributed by atoms with Crippen molar-refractivity contribution < 1.29 is 0 Å². The summed E-state index contributed by atoms with van der Waals surface area (Å²) in [5.41, 5.74) is 0. The fourth-order valence-electron chi connectivity index (χ4n) is 2.23. The zero-order chi connectivity index (χ0) is 10.9. The molecular weight excluding hydrogens is 204 g/mol. The van der Waals surface area contributed by atoms with E-state index in [1.165, 1.54) is 56.9 Å². The number of nitrogens with zero attached hydrogens (tertiary/aromatic N) is 1. The number of rotatable bonds is 8. The summed E-state index contributed by atoms with van der Waals surface area (Å²) >= 11 is 2.07. The maximum atomic E-state index is 3.47. The molecule has 90 valence electrons. The number of hydrogen-bond donors (Lipinski definition) is 1. The number of hydrogen-bond acceptors (Lipinski definition) is 3. The van der Waals surface area contributed by atoms with Crippen LogP contribution in [-0.2, 0) is 0 Å². The molecule has 1 heterocycles. The van der Waals surface area contributed by atoms with Gasteiger partial charge in [0, 0.05) is 12.6 Å². The monoisotopic (exact) mass is 230 g/mol. The Kier molecular flexibility index (Phi) is 7.49. The van der Waals surface area contributed by atoms with Crippen LogP contribution in [0.5, 0.6) is 0 Å². The first-order valence-electron chi connectivity index (χ1n) is 6.41. The van der Waals surface area contributed by atoms with Crippen molar-refractivity contribution in [2.75, 3.05) is 37.7 Å². The summed E-state index contributed by atoms with van der Waals surface area (Å²) < 4.78 is 0. The lowest BCUT2D eigenvalue weighted by Crippen LogP contribution is -2.38. The Morgan fingerprint density at radius 2 is 2.20 bits per heavy atom. The lowest BCUT2D eigenvalue weighted by Gasteiger charge is -2.27. The molecule has 0 aromatic carbocycles. The van der Waals surface area contributed by atoms with Crippen LogP contribution in [0.2, 0.25) is 0 Å². The summed E-state index contributed by atoms with van der Waals surface area (Å²) in [7, 11) is 0. The van der Waals surface area contributed by atoms with Gasteiger partial charge in [0.2, 0.25) is 0 Å². The smallest absolute Gasteiger partial charge is 0.0232 e. The van der Waals surface area contributed by atoms with Gasteiger partial charge in [0.1, 0.15) is 0 Å². The van der Waals surface area contributed by atoms with E-state index in [1.807, 2.05) is 0 Å². The largest absolute Gasteiger partial charge is 0.315 e. The van der Waals surface area contributed by atoms with Crippen LogP contribution in [0.15, 0.2) is 0 Å². The van der Waals surface area contributed by atoms with Crippen LogP contribution in [-0.4, -0.2) is 48.6 Å². The van der Waals surface area contributed by atoms with E-state index in [0.717, 1.165) is 6.04 Å². The van der Waals surface area contributed by atoms with Gasteiger partial charge in [-0.1, -0.05) is 13.8 Å². The predicted molar refractivity (Wildman–Crippen MR) is 70.8 cm³/mol. The first-order chi connectivity index (χ1) is 7.38. The number of thioether (sulfide) groups is 1. The van der Waals surface area contributed by atoms with Gasteiger partial charge in [-0.05, 0) is 50.4 Å². The average Bonchev–Trinajstić information content (AvgIpc) is 2.76. The standard InChI is InChI=1S/C12H26N2S/c1-3-8-14(9-5-10-15-4-2)12-6-7-13-11-12/h12-13H,3-11H2,1-2H3. The molecule has 1 saturated heterocycles. The minimum Gasteiger partial charge on any atom is -0.315 e. The lowest BCUT2D eigenvalue weighted by molar-refractivity contribution is 0.209. The molecule has 2 nitrogen and oxygen atoms in total. The average molecular weight is 230 g/mol. The van der Waals surface area contributed by atoms with Gasteiger partial charge in [-0.3, -0.25) is 4.90 Å². The highest BCUT2D eigenvalue weighted by Crippen LogP contribution is 2.11. The molecule has 1 unspecified atom stereocenters. The molecule has 0 aromatic rings. The maximum Gasteiger partial charge on any atom is 0.0232 e. The van der Waals surface area contributed by atoms with Gasteiger partial charge in [0.25, 0.3) is 0 Å². The van der Waals surface area contributed by atoms with E-state index in [2.05, 4.69) is 35.8 Å². The summed E-state index contributed by atoms with van der Waals surface area (Å²) in [5.74, 6) is 2.59. The van der Waals surface area contributed by atoms with Crippen molar-refractivity contribution in [2.45, 2.75) is 39.2 Å². The zero-order valence-electron chi connectivity index (χ0n) is 10.3. The van der Waals surface area contributed by atoms with Gasteiger partial charge in [0.15, 0.2) is 0 Å². The maximum absolute atomic E-state index is 3.47. The van der Waals surface area contributed by atoms with Gasteiger partial charge in [-0.2, -0.15) is 11.8 Å². The van der Waals surface area contributed by atoms with Crippen molar-refractivity contribution in [3.63, 3.8) is 0 Å². The third kappa shape index (κ3) is 5.23. The molecule has 1 atom stereocenters. The highest BCUT2D eigenvalue weighted by atomic mass is 32.2. The molecule has 15 heavy (non-hydrogen) atoms. The third-order valence-corrected chi connectivity index (χ3v) is 3.99. The van der Waals surface area contributed by atoms with E-state index >= 15 is 0 Å². The Balaban J connectivity index is 2.17. The summed E-state index contributed by atoms with van der Waals surface area (Å²) in [5, 5.41) is 3.47. The minimum absolute atomic E-state index is 0.816. The Bertz CT molecular complexity index is 147. The molecule has 0 spiro atoms. The molecule has 1 fully saturated rings. The lowest BCUT2D eigenvalue weighted by atomic mass is 10.2. The first-order valence-corrected chi connectivity index (χ1v) is 7.56. The highest BCUT2D eigenvalue weighted by Gasteiger charge is 2.20. The predicted octanol–water partition coefficient (Wildman–Crippen LogP) is 2.20. The van der Waals surface area contributed by atoms with E-state index in [1.54, 1.807) is 0 Å². The molecule has 0 bridgehead atoms. The van der Waals surface area contributed by atoms with Crippen LogP contribution >= 0.6 is 11.8 Å². The SMILES string of the molecule is CCCN(CCCSCC)C1CCNC1. The molecule has 1 rings (SSSR count). The van der Waals surface area contributed by atoms with E-state index < -0.39 is 0 Å². The second kappa shape index (κ2) is 8.43. The molecule has 0 amide bonds. The molecule has 1 aliphatic heterocycles. The van der Waals surface area contributed by atoms with Crippen molar-refractivity contribution >= 4 is 11.8 Å². The van der Waals surface area contributed by atoms with Crippen molar-refractivity contribution in [3.8, 4) is 0 Å². The van der Waals surface area contributed by atoms with Crippen molar-refractivity contribution in [1.29, 1.82) is 0 Å². The van der Waals surface area contributed by atoms with Gasteiger partial charge in [-0.15, -0.1) is 0 Å². The molecule has 1 N–H and O–H groups in total. The molecule has 3 heteroatoms. The summed E-state index contributed by atoms with van der Waals surface area (Å²) in [6.45, 7) is 9.54. The Morgan fingerprint density at radius 3 is 2.80 bits per heavy atom. The molecule has 1 aliphatic rings. The number of nitrogens with one attached hydrogen (secondary N) is 1. The van der Waals surface area contributed by atoms with Crippen LogP contribution in [0.4, 0.5) is 0 Å². The molecule has 0 aliphatic carbocycles. The van der Waals surface area contributed by atoms with E-state index in [9.17, 15) is 0 Å². The van der Waals surface area contributed by atoms with E-state index in [-0.39, 0.29) is 0 Å². The van der Waals surface area contributed by atoms with E-state index in [4.69, 9.17) is 0 Å². The van der Waals surface area contributed by atoms with E-state index in [0.29, 0.717) is 0 Å². The van der Waals surface area contributed by atoms with Gasteiger partial charge >= 0.3 is 0 Å². The van der Waals surface area contributed by atoms with Crippen molar-refractivity contribution in [2.24, 2.45) is 0 Å². The summed E-state index contributed by atoms with van der Waals surface area (Å²) in [6.07, 6.45) is 3.99. The van der Waals surface area contributed by atoms with Crippen molar-refractivity contribution in [3.05, 3.63) is 0 Å². The van der Waals surface area contributed by atoms with Crippen LogP contribution in [0.25, 0.3) is 0 Å². The van der Waals surface area contributed by atoms with Crippen LogP contribution in [0.1, 0.15) is 33.1 Å². The second-order valence-corrected chi connectivity index (χ2v) is 5.63. The Morgan fingerprint density at radius 1 is 1.33 bits per heavy atom. The fraction of sp³-hybridized carbons (Fsp3) is 1.00. The minimum atomic E-state index is 0.816. The van der Waals surface area contributed by atoms with Crippen molar-refractivity contribution in [1.82, 2.24) is 10.2 Å². The summed E-state index contributed by atoms with van der Waals surface area (Å²) in [4.78, 5) is 2.69. The molecule has 0 radical (unpaired) electrons. The summed E-state index contributed by atoms with van der Waals surface area (Å²) in [6, 6.07) is 0.816. The normalized spacial score (nSPS) is 21.4. The first kappa shape index (κ1) is 13.3. The Labute approximate surface area is 99.2 Å². The second-order valence-electron chi connectivity index (χ2n) is 4.23. The molecule has 0 saturated carbocycles.